The summed E-state index contributed by atoms with van der Waals surface area (Å²) in [6, 6.07) is 10.9. The van der Waals surface area contributed by atoms with Gasteiger partial charge in [-0.05, 0) is 44.6 Å². The molecule has 1 aliphatic heterocycles. The summed E-state index contributed by atoms with van der Waals surface area (Å²) in [5.41, 5.74) is 7.38. The van der Waals surface area contributed by atoms with Gasteiger partial charge in [0.1, 0.15) is 0 Å². The van der Waals surface area contributed by atoms with Crippen LogP contribution in [0.3, 0.4) is 0 Å². The summed E-state index contributed by atoms with van der Waals surface area (Å²) < 4.78 is 5.03. The predicted molar refractivity (Wildman–Crippen MR) is 105 cm³/mol. The average Bonchev–Trinajstić information content (AvgIpc) is 2.66. The van der Waals surface area contributed by atoms with Gasteiger partial charge in [-0.15, -0.1) is 0 Å². The molecule has 0 bridgehead atoms. The first kappa shape index (κ1) is 20.1. The second-order valence-electron chi connectivity index (χ2n) is 6.67. The van der Waals surface area contributed by atoms with Gasteiger partial charge in [0, 0.05) is 25.7 Å². The van der Waals surface area contributed by atoms with Gasteiger partial charge in [0.15, 0.2) is 5.96 Å². The number of ether oxygens (including phenoxy) is 1. The molecule has 144 valence electrons. The first-order valence-electron chi connectivity index (χ1n) is 9.71. The Balaban J connectivity index is 1.55. The molecule has 1 aliphatic rings. The molecule has 3 N–H and O–H groups in total. The van der Waals surface area contributed by atoms with Crippen molar-refractivity contribution in [3.63, 3.8) is 0 Å². The van der Waals surface area contributed by atoms with Crippen molar-refractivity contribution in [3.05, 3.63) is 35.9 Å². The van der Waals surface area contributed by atoms with Crippen LogP contribution in [0.4, 0.5) is 4.79 Å². The van der Waals surface area contributed by atoms with Crippen molar-refractivity contribution in [2.45, 2.75) is 51.5 Å². The highest BCUT2D eigenvalue weighted by Crippen LogP contribution is 2.11. The van der Waals surface area contributed by atoms with E-state index < -0.39 is 0 Å². The number of hydrogen-bond donors (Lipinski definition) is 2. The molecule has 6 nitrogen and oxygen atoms in total. The molecule has 0 radical (unpaired) electrons. The van der Waals surface area contributed by atoms with Gasteiger partial charge in [-0.3, -0.25) is 4.99 Å². The molecular formula is C20H32N4O2. The lowest BCUT2D eigenvalue weighted by Crippen LogP contribution is -2.48. The number of guanidine groups is 1. The van der Waals surface area contributed by atoms with E-state index in [9.17, 15) is 4.79 Å². The van der Waals surface area contributed by atoms with Crippen molar-refractivity contribution in [2.24, 2.45) is 10.7 Å². The molecule has 0 unspecified atom stereocenters. The minimum atomic E-state index is -0.219. The van der Waals surface area contributed by atoms with Crippen LogP contribution in [0, 0.1) is 0 Å². The molecule has 0 saturated carbocycles. The number of nitrogens with zero attached hydrogens (tertiary/aromatic N) is 2. The lowest BCUT2D eigenvalue weighted by molar-refractivity contribution is 0.0963. The van der Waals surface area contributed by atoms with Crippen molar-refractivity contribution in [1.82, 2.24) is 10.2 Å². The number of amides is 1. The quantitative estimate of drug-likeness (QED) is 0.424. The highest BCUT2D eigenvalue weighted by atomic mass is 16.6. The highest BCUT2D eigenvalue weighted by molar-refractivity contribution is 5.78. The van der Waals surface area contributed by atoms with Gasteiger partial charge >= 0.3 is 6.09 Å². The minimum Gasteiger partial charge on any atom is -0.450 e. The molecule has 1 amide bonds. The van der Waals surface area contributed by atoms with Gasteiger partial charge in [-0.25, -0.2) is 4.79 Å². The Morgan fingerprint density at radius 2 is 1.96 bits per heavy atom. The third kappa shape index (κ3) is 7.33. The summed E-state index contributed by atoms with van der Waals surface area (Å²) in [6.07, 6.45) is 6.03. The molecule has 1 fully saturated rings. The zero-order valence-electron chi connectivity index (χ0n) is 15.8. The van der Waals surface area contributed by atoms with Crippen LogP contribution < -0.4 is 11.1 Å². The number of unbranched alkanes of at least 4 members (excludes halogenated alkanes) is 2. The number of carbonyl (C=O) groups excluding carboxylic acids is 1. The fourth-order valence-corrected chi connectivity index (χ4v) is 3.14. The maximum absolute atomic E-state index is 11.7. The first-order chi connectivity index (χ1) is 12.7. The summed E-state index contributed by atoms with van der Waals surface area (Å²) in [5, 5.41) is 3.28. The van der Waals surface area contributed by atoms with Crippen LogP contribution in [0.15, 0.2) is 35.3 Å². The standard InChI is InChI=1S/C20H32N4O2/c1-2-26-20(25)24-15-12-18(13-16-24)23-19(21)22-14-8-4-7-11-17-9-5-3-6-10-17/h3,5-6,9-10,18H,2,4,7-8,11-16H2,1H3,(H3,21,22,23). The van der Waals surface area contributed by atoms with E-state index in [1.807, 2.05) is 6.92 Å². The molecular weight excluding hydrogens is 328 g/mol. The lowest BCUT2D eigenvalue weighted by Gasteiger charge is -2.31. The van der Waals surface area contributed by atoms with Crippen LogP contribution in [-0.2, 0) is 11.2 Å². The Morgan fingerprint density at radius 3 is 2.65 bits per heavy atom. The summed E-state index contributed by atoms with van der Waals surface area (Å²) in [5.74, 6) is 0.516. The maximum Gasteiger partial charge on any atom is 0.409 e. The first-order valence-corrected chi connectivity index (χ1v) is 9.71. The zero-order chi connectivity index (χ0) is 18.6. The molecule has 1 saturated heterocycles. The third-order valence-corrected chi connectivity index (χ3v) is 4.62. The Labute approximate surface area is 156 Å². The number of benzene rings is 1. The summed E-state index contributed by atoms with van der Waals surface area (Å²) in [7, 11) is 0. The Kier molecular flexibility index (Phi) is 8.79. The van der Waals surface area contributed by atoms with Crippen LogP contribution in [0.2, 0.25) is 0 Å². The van der Waals surface area contributed by atoms with Crippen molar-refractivity contribution < 1.29 is 9.53 Å². The number of nitrogens with one attached hydrogen (secondary N) is 1. The van der Waals surface area contributed by atoms with Gasteiger partial charge in [0.05, 0.1) is 6.61 Å². The van der Waals surface area contributed by atoms with Crippen LogP contribution >= 0.6 is 0 Å². The molecule has 0 aliphatic carbocycles. The van der Waals surface area contributed by atoms with E-state index in [1.165, 1.54) is 12.0 Å². The highest BCUT2D eigenvalue weighted by Gasteiger charge is 2.23. The SMILES string of the molecule is CCOC(=O)N1CCC(NC(N)=NCCCCCc2ccccc2)CC1. The van der Waals surface area contributed by atoms with Crippen LogP contribution in [-0.4, -0.2) is 49.2 Å². The van der Waals surface area contributed by atoms with Crippen molar-refractivity contribution in [2.75, 3.05) is 26.2 Å². The van der Waals surface area contributed by atoms with E-state index in [0.29, 0.717) is 25.7 Å². The molecule has 1 aromatic rings. The average molecular weight is 361 g/mol. The minimum absolute atomic E-state index is 0.219. The van der Waals surface area contributed by atoms with E-state index >= 15 is 0 Å². The Morgan fingerprint density at radius 1 is 1.23 bits per heavy atom. The number of nitrogens with two attached hydrogens (primary N) is 1. The van der Waals surface area contributed by atoms with E-state index in [0.717, 1.165) is 38.6 Å². The number of piperidine rings is 1. The van der Waals surface area contributed by atoms with Gasteiger partial charge in [0.2, 0.25) is 0 Å². The molecule has 0 aromatic heterocycles. The molecule has 0 spiro atoms. The number of aryl methyl sites for hydroxylation is 1. The smallest absolute Gasteiger partial charge is 0.409 e. The summed E-state index contributed by atoms with van der Waals surface area (Å²) >= 11 is 0. The molecule has 1 heterocycles. The fraction of sp³-hybridized carbons (Fsp3) is 0.600. The number of hydrogen-bond acceptors (Lipinski definition) is 3. The maximum atomic E-state index is 11.7. The van der Waals surface area contributed by atoms with E-state index in [4.69, 9.17) is 10.5 Å². The van der Waals surface area contributed by atoms with Crippen LogP contribution in [0.5, 0.6) is 0 Å². The normalized spacial score (nSPS) is 15.7. The van der Waals surface area contributed by atoms with Gasteiger partial charge in [0.25, 0.3) is 0 Å². The number of likely N-dealkylation sites (tertiary alicyclic amines) is 1. The third-order valence-electron chi connectivity index (χ3n) is 4.62. The van der Waals surface area contributed by atoms with E-state index in [2.05, 4.69) is 40.6 Å². The van der Waals surface area contributed by atoms with E-state index in [1.54, 1.807) is 4.90 Å². The topological polar surface area (TPSA) is 80.0 Å². The fourth-order valence-electron chi connectivity index (χ4n) is 3.14. The Hall–Kier alpha value is -2.24. The largest absolute Gasteiger partial charge is 0.450 e. The molecule has 2 rings (SSSR count). The predicted octanol–water partition coefficient (Wildman–Crippen LogP) is 2.92. The van der Waals surface area contributed by atoms with Crippen molar-refractivity contribution in [1.29, 1.82) is 0 Å². The summed E-state index contributed by atoms with van der Waals surface area (Å²) in [4.78, 5) is 17.9. The van der Waals surface area contributed by atoms with Gasteiger partial charge in [-0.1, -0.05) is 36.8 Å². The number of aliphatic imine (C=N–C) groups is 1. The monoisotopic (exact) mass is 360 g/mol. The molecule has 6 heteroatoms. The Bertz CT molecular complexity index is 554. The molecule has 0 atom stereocenters. The van der Waals surface area contributed by atoms with Crippen molar-refractivity contribution in [3.8, 4) is 0 Å². The zero-order valence-corrected chi connectivity index (χ0v) is 15.8. The van der Waals surface area contributed by atoms with E-state index in [-0.39, 0.29) is 12.1 Å². The number of rotatable bonds is 8. The second-order valence-corrected chi connectivity index (χ2v) is 6.67. The summed E-state index contributed by atoms with van der Waals surface area (Å²) in [6.45, 7) is 4.40. The lowest BCUT2D eigenvalue weighted by atomic mass is 10.1. The van der Waals surface area contributed by atoms with Gasteiger partial charge in [-0.2, -0.15) is 0 Å². The second kappa shape index (κ2) is 11.4. The molecule has 26 heavy (non-hydrogen) atoms. The molecule has 1 aromatic carbocycles. The van der Waals surface area contributed by atoms with Crippen LogP contribution in [0.1, 0.15) is 44.6 Å². The number of carbonyl (C=O) groups is 1. The van der Waals surface area contributed by atoms with Crippen LogP contribution in [0.25, 0.3) is 0 Å². The van der Waals surface area contributed by atoms with Gasteiger partial charge < -0.3 is 20.7 Å². The van der Waals surface area contributed by atoms with Crippen molar-refractivity contribution >= 4 is 12.1 Å².